The standard InChI is InChI=1S/C16H22O2/c1-3-4-5-6-12-18-16-9-7-8-15(13-16)11-10-14(2)17/h7-11,13H,3-6,12H2,1-2H3/b11-10+. The molecule has 0 spiro atoms. The van der Waals surface area contributed by atoms with E-state index in [4.69, 9.17) is 4.74 Å². The monoisotopic (exact) mass is 246 g/mol. The topological polar surface area (TPSA) is 26.3 Å². The zero-order chi connectivity index (χ0) is 13.2. The number of carbonyl (C=O) groups is 1. The third kappa shape index (κ3) is 6.24. The van der Waals surface area contributed by atoms with Gasteiger partial charge in [-0.15, -0.1) is 0 Å². The number of allylic oxidation sites excluding steroid dienone is 1. The third-order valence-electron chi connectivity index (χ3n) is 2.64. The van der Waals surface area contributed by atoms with Crippen LogP contribution in [0.25, 0.3) is 6.08 Å². The van der Waals surface area contributed by atoms with E-state index in [2.05, 4.69) is 6.92 Å². The van der Waals surface area contributed by atoms with Crippen molar-refractivity contribution in [3.63, 3.8) is 0 Å². The molecule has 1 aromatic rings. The molecule has 0 radical (unpaired) electrons. The van der Waals surface area contributed by atoms with Crippen LogP contribution in [0.5, 0.6) is 5.75 Å². The Morgan fingerprint density at radius 3 is 2.83 bits per heavy atom. The number of unbranched alkanes of at least 4 members (excludes halogenated alkanes) is 3. The van der Waals surface area contributed by atoms with Gasteiger partial charge in [0, 0.05) is 0 Å². The van der Waals surface area contributed by atoms with Gasteiger partial charge < -0.3 is 4.74 Å². The van der Waals surface area contributed by atoms with E-state index in [-0.39, 0.29) is 5.78 Å². The number of rotatable bonds is 8. The van der Waals surface area contributed by atoms with Crippen LogP contribution in [0.2, 0.25) is 0 Å². The number of hydrogen-bond acceptors (Lipinski definition) is 2. The molecule has 0 aliphatic carbocycles. The summed E-state index contributed by atoms with van der Waals surface area (Å²) in [5.74, 6) is 0.929. The normalized spacial score (nSPS) is 10.8. The second-order valence-electron chi connectivity index (χ2n) is 4.43. The SMILES string of the molecule is CCCCCCOc1cccc(/C=C/C(C)=O)c1. The number of carbonyl (C=O) groups excluding carboxylic acids is 1. The van der Waals surface area contributed by atoms with Crippen molar-refractivity contribution in [1.29, 1.82) is 0 Å². The van der Waals surface area contributed by atoms with E-state index in [0.717, 1.165) is 24.3 Å². The van der Waals surface area contributed by atoms with Gasteiger partial charge in [0.25, 0.3) is 0 Å². The molecule has 2 nitrogen and oxygen atoms in total. The molecule has 1 rings (SSSR count). The Morgan fingerprint density at radius 2 is 2.11 bits per heavy atom. The molecule has 0 aromatic heterocycles. The zero-order valence-corrected chi connectivity index (χ0v) is 11.3. The molecular weight excluding hydrogens is 224 g/mol. The Bertz CT molecular complexity index is 394. The van der Waals surface area contributed by atoms with Crippen molar-refractivity contribution in [2.24, 2.45) is 0 Å². The van der Waals surface area contributed by atoms with Crippen LogP contribution in [0.1, 0.15) is 45.1 Å². The summed E-state index contributed by atoms with van der Waals surface area (Å²) in [4.78, 5) is 10.9. The Hall–Kier alpha value is -1.57. The molecule has 98 valence electrons. The molecular formula is C16H22O2. The highest BCUT2D eigenvalue weighted by atomic mass is 16.5. The van der Waals surface area contributed by atoms with E-state index in [0.29, 0.717) is 0 Å². The van der Waals surface area contributed by atoms with Gasteiger partial charge in [-0.25, -0.2) is 0 Å². The Labute approximate surface area is 110 Å². The number of hydrogen-bond donors (Lipinski definition) is 0. The van der Waals surface area contributed by atoms with Crippen molar-refractivity contribution < 1.29 is 9.53 Å². The van der Waals surface area contributed by atoms with Crippen LogP contribution >= 0.6 is 0 Å². The first kappa shape index (κ1) is 14.5. The quantitative estimate of drug-likeness (QED) is 0.506. The minimum atomic E-state index is 0.0564. The molecule has 0 aliphatic rings. The van der Waals surface area contributed by atoms with Crippen LogP contribution in [0.15, 0.2) is 30.3 Å². The molecule has 0 N–H and O–H groups in total. The van der Waals surface area contributed by atoms with Gasteiger partial charge in [-0.2, -0.15) is 0 Å². The number of benzene rings is 1. The molecule has 0 unspecified atom stereocenters. The first-order valence-electron chi connectivity index (χ1n) is 6.64. The summed E-state index contributed by atoms with van der Waals surface area (Å²) >= 11 is 0. The van der Waals surface area contributed by atoms with Crippen LogP contribution < -0.4 is 4.74 Å². The van der Waals surface area contributed by atoms with Crippen LogP contribution in [0.3, 0.4) is 0 Å². The largest absolute Gasteiger partial charge is 0.494 e. The van der Waals surface area contributed by atoms with Crippen molar-refractivity contribution in [3.05, 3.63) is 35.9 Å². The van der Waals surface area contributed by atoms with E-state index in [1.54, 1.807) is 13.0 Å². The number of ketones is 1. The lowest BCUT2D eigenvalue weighted by atomic mass is 10.2. The Kier molecular flexibility index (Phi) is 6.85. The molecule has 0 fully saturated rings. The van der Waals surface area contributed by atoms with Gasteiger partial charge in [-0.05, 0) is 37.1 Å². The van der Waals surface area contributed by atoms with Gasteiger partial charge >= 0.3 is 0 Å². The first-order valence-corrected chi connectivity index (χ1v) is 6.64. The molecule has 0 saturated carbocycles. The predicted octanol–water partition coefficient (Wildman–Crippen LogP) is 4.25. The van der Waals surface area contributed by atoms with Crippen molar-refractivity contribution >= 4 is 11.9 Å². The summed E-state index contributed by atoms with van der Waals surface area (Å²) in [6.07, 6.45) is 8.21. The molecule has 2 heteroatoms. The lowest BCUT2D eigenvalue weighted by Gasteiger charge is -2.06. The maximum atomic E-state index is 10.9. The average molecular weight is 246 g/mol. The van der Waals surface area contributed by atoms with Gasteiger partial charge in [0.05, 0.1) is 6.61 Å². The van der Waals surface area contributed by atoms with E-state index in [9.17, 15) is 4.79 Å². The summed E-state index contributed by atoms with van der Waals surface area (Å²) in [5.41, 5.74) is 0.997. The molecule has 0 bridgehead atoms. The predicted molar refractivity (Wildman–Crippen MR) is 75.8 cm³/mol. The second kappa shape index (κ2) is 8.51. The maximum absolute atomic E-state index is 10.9. The molecule has 0 heterocycles. The average Bonchev–Trinajstić information content (AvgIpc) is 2.37. The van der Waals surface area contributed by atoms with Gasteiger partial charge in [0.15, 0.2) is 5.78 Å². The highest BCUT2D eigenvalue weighted by Gasteiger charge is 1.95. The summed E-state index contributed by atoms with van der Waals surface area (Å²) in [5, 5.41) is 0. The molecule has 0 aliphatic heterocycles. The summed E-state index contributed by atoms with van der Waals surface area (Å²) in [7, 11) is 0. The summed E-state index contributed by atoms with van der Waals surface area (Å²) < 4.78 is 5.68. The van der Waals surface area contributed by atoms with Crippen LogP contribution in [0.4, 0.5) is 0 Å². The molecule has 18 heavy (non-hydrogen) atoms. The number of ether oxygens (including phenoxy) is 1. The fourth-order valence-corrected chi connectivity index (χ4v) is 1.64. The zero-order valence-electron chi connectivity index (χ0n) is 11.3. The molecule has 0 amide bonds. The van der Waals surface area contributed by atoms with Crippen LogP contribution in [-0.2, 0) is 4.79 Å². The fourth-order valence-electron chi connectivity index (χ4n) is 1.64. The Balaban J connectivity index is 2.42. The summed E-state index contributed by atoms with van der Waals surface area (Å²) in [6, 6.07) is 7.81. The van der Waals surface area contributed by atoms with Gasteiger partial charge in [-0.3, -0.25) is 4.79 Å². The van der Waals surface area contributed by atoms with E-state index in [1.165, 1.54) is 19.3 Å². The van der Waals surface area contributed by atoms with Gasteiger partial charge in [0.2, 0.25) is 0 Å². The van der Waals surface area contributed by atoms with Crippen LogP contribution in [0, 0.1) is 0 Å². The van der Waals surface area contributed by atoms with Crippen molar-refractivity contribution in [3.8, 4) is 5.75 Å². The Morgan fingerprint density at radius 1 is 1.28 bits per heavy atom. The maximum Gasteiger partial charge on any atom is 0.152 e. The van der Waals surface area contributed by atoms with Gasteiger partial charge in [-0.1, -0.05) is 44.4 Å². The highest BCUT2D eigenvalue weighted by molar-refractivity contribution is 5.91. The minimum Gasteiger partial charge on any atom is -0.494 e. The smallest absolute Gasteiger partial charge is 0.152 e. The van der Waals surface area contributed by atoms with E-state index < -0.39 is 0 Å². The molecule has 0 atom stereocenters. The third-order valence-corrected chi connectivity index (χ3v) is 2.64. The van der Waals surface area contributed by atoms with Crippen molar-refractivity contribution in [1.82, 2.24) is 0 Å². The minimum absolute atomic E-state index is 0.0564. The molecule has 1 aromatic carbocycles. The first-order chi connectivity index (χ1) is 8.72. The lowest BCUT2D eigenvalue weighted by Crippen LogP contribution is -1.97. The van der Waals surface area contributed by atoms with Crippen molar-refractivity contribution in [2.45, 2.75) is 39.5 Å². The van der Waals surface area contributed by atoms with Crippen LogP contribution in [-0.4, -0.2) is 12.4 Å². The molecule has 0 saturated heterocycles. The fraction of sp³-hybridized carbons (Fsp3) is 0.438. The highest BCUT2D eigenvalue weighted by Crippen LogP contribution is 2.15. The van der Waals surface area contributed by atoms with E-state index >= 15 is 0 Å². The van der Waals surface area contributed by atoms with E-state index in [1.807, 2.05) is 30.3 Å². The lowest BCUT2D eigenvalue weighted by molar-refractivity contribution is -0.112. The van der Waals surface area contributed by atoms with Gasteiger partial charge in [0.1, 0.15) is 5.75 Å². The van der Waals surface area contributed by atoms with Crippen molar-refractivity contribution in [2.75, 3.05) is 6.61 Å². The summed E-state index contributed by atoms with van der Waals surface area (Å²) in [6.45, 7) is 4.51. The second-order valence-corrected chi connectivity index (χ2v) is 4.43.